The molecule has 0 aliphatic carbocycles. The average molecular weight is 262 g/mol. The van der Waals surface area contributed by atoms with Gasteiger partial charge in [-0.3, -0.25) is 4.79 Å². The number of Topliss-reactive ketones (excluding diaryl/α,β-unsaturated/α-hetero) is 1. The fourth-order valence-electron chi connectivity index (χ4n) is 2.42. The van der Waals surface area contributed by atoms with Gasteiger partial charge in [0.2, 0.25) is 0 Å². The number of hydrogen-bond donors (Lipinski definition) is 0. The number of rotatable bonds is 4. The SMILES string of the molecule is CC(=O)C1CCN(c2ccc(OC(C)C)cn2)CC1. The molecule has 4 heteroatoms. The van der Waals surface area contributed by atoms with E-state index in [0.29, 0.717) is 5.78 Å². The van der Waals surface area contributed by atoms with Gasteiger partial charge in [0.1, 0.15) is 17.4 Å². The Morgan fingerprint density at radius 3 is 2.53 bits per heavy atom. The van der Waals surface area contributed by atoms with Crippen molar-refractivity contribution in [2.75, 3.05) is 18.0 Å². The van der Waals surface area contributed by atoms with Crippen LogP contribution in [-0.4, -0.2) is 30.0 Å². The second kappa shape index (κ2) is 6.04. The van der Waals surface area contributed by atoms with Gasteiger partial charge in [-0.25, -0.2) is 4.98 Å². The molecule has 1 aliphatic rings. The molecule has 4 nitrogen and oxygen atoms in total. The quantitative estimate of drug-likeness (QED) is 0.836. The molecule has 0 spiro atoms. The van der Waals surface area contributed by atoms with Crippen LogP contribution in [0, 0.1) is 5.92 Å². The molecule has 19 heavy (non-hydrogen) atoms. The fourth-order valence-corrected chi connectivity index (χ4v) is 2.42. The highest BCUT2D eigenvalue weighted by atomic mass is 16.5. The van der Waals surface area contributed by atoms with Crippen LogP contribution in [0.1, 0.15) is 33.6 Å². The molecule has 1 fully saturated rings. The summed E-state index contributed by atoms with van der Waals surface area (Å²) in [5.74, 6) is 2.32. The average Bonchev–Trinajstić information content (AvgIpc) is 2.39. The minimum absolute atomic E-state index is 0.166. The Labute approximate surface area is 114 Å². The molecule has 0 bridgehead atoms. The Bertz CT molecular complexity index is 420. The van der Waals surface area contributed by atoms with Crippen LogP contribution in [0.4, 0.5) is 5.82 Å². The number of anilines is 1. The zero-order valence-corrected chi connectivity index (χ0v) is 11.9. The summed E-state index contributed by atoms with van der Waals surface area (Å²) in [4.78, 5) is 18.0. The smallest absolute Gasteiger partial charge is 0.138 e. The van der Waals surface area contributed by atoms with Gasteiger partial charge in [0.15, 0.2) is 0 Å². The van der Waals surface area contributed by atoms with Gasteiger partial charge in [-0.05, 0) is 45.7 Å². The van der Waals surface area contributed by atoms with E-state index in [1.807, 2.05) is 26.0 Å². The summed E-state index contributed by atoms with van der Waals surface area (Å²) in [6.07, 6.45) is 3.80. The van der Waals surface area contributed by atoms with E-state index < -0.39 is 0 Å². The highest BCUT2D eigenvalue weighted by Crippen LogP contribution is 2.23. The summed E-state index contributed by atoms with van der Waals surface area (Å²) >= 11 is 0. The number of carbonyl (C=O) groups is 1. The molecule has 1 aliphatic heterocycles. The zero-order valence-electron chi connectivity index (χ0n) is 11.9. The predicted octanol–water partition coefficient (Wildman–Crippen LogP) is 2.67. The molecular weight excluding hydrogens is 240 g/mol. The van der Waals surface area contributed by atoms with Crippen molar-refractivity contribution >= 4 is 11.6 Å². The monoisotopic (exact) mass is 262 g/mol. The first kappa shape index (κ1) is 13.8. The first-order valence-electron chi connectivity index (χ1n) is 6.94. The molecule has 0 saturated carbocycles. The van der Waals surface area contributed by atoms with Gasteiger partial charge >= 0.3 is 0 Å². The first-order valence-corrected chi connectivity index (χ1v) is 6.94. The third-order valence-electron chi connectivity index (χ3n) is 3.49. The Balaban J connectivity index is 1.94. The van der Waals surface area contributed by atoms with Gasteiger partial charge in [-0.1, -0.05) is 0 Å². The fraction of sp³-hybridized carbons (Fsp3) is 0.600. The van der Waals surface area contributed by atoms with Crippen molar-refractivity contribution in [1.29, 1.82) is 0 Å². The van der Waals surface area contributed by atoms with Gasteiger partial charge in [-0.2, -0.15) is 0 Å². The van der Waals surface area contributed by atoms with Crippen molar-refractivity contribution in [3.05, 3.63) is 18.3 Å². The third kappa shape index (κ3) is 3.69. The van der Waals surface area contributed by atoms with Crippen LogP contribution in [0.5, 0.6) is 5.75 Å². The van der Waals surface area contributed by atoms with E-state index in [9.17, 15) is 4.79 Å². The van der Waals surface area contributed by atoms with E-state index in [4.69, 9.17) is 4.74 Å². The highest BCUT2D eigenvalue weighted by Gasteiger charge is 2.22. The van der Waals surface area contributed by atoms with Crippen molar-refractivity contribution in [2.24, 2.45) is 5.92 Å². The summed E-state index contributed by atoms with van der Waals surface area (Å²) in [6, 6.07) is 3.95. The molecule has 104 valence electrons. The highest BCUT2D eigenvalue weighted by molar-refractivity contribution is 5.78. The second-order valence-electron chi connectivity index (χ2n) is 5.39. The van der Waals surface area contributed by atoms with Crippen LogP contribution < -0.4 is 9.64 Å². The molecule has 2 rings (SSSR count). The topological polar surface area (TPSA) is 42.4 Å². The first-order chi connectivity index (χ1) is 9.06. The number of aromatic nitrogens is 1. The number of hydrogen-bond acceptors (Lipinski definition) is 4. The second-order valence-corrected chi connectivity index (χ2v) is 5.39. The minimum atomic E-state index is 0.166. The lowest BCUT2D eigenvalue weighted by Crippen LogP contribution is -2.36. The maximum absolute atomic E-state index is 11.3. The number of ketones is 1. The molecule has 2 heterocycles. The van der Waals surface area contributed by atoms with Crippen LogP contribution in [-0.2, 0) is 4.79 Å². The Hall–Kier alpha value is -1.58. The van der Waals surface area contributed by atoms with E-state index in [1.165, 1.54) is 0 Å². The molecule has 0 atom stereocenters. The lowest BCUT2D eigenvalue weighted by molar-refractivity contribution is -0.121. The van der Waals surface area contributed by atoms with Crippen molar-refractivity contribution in [1.82, 2.24) is 4.98 Å². The number of nitrogens with zero attached hydrogens (tertiary/aromatic N) is 2. The van der Waals surface area contributed by atoms with Gasteiger partial charge in [0.05, 0.1) is 12.3 Å². The number of ether oxygens (including phenoxy) is 1. The molecule has 0 aromatic carbocycles. The van der Waals surface area contributed by atoms with E-state index in [-0.39, 0.29) is 12.0 Å². The lowest BCUT2D eigenvalue weighted by atomic mass is 9.93. The summed E-state index contributed by atoms with van der Waals surface area (Å²) in [5, 5.41) is 0. The van der Waals surface area contributed by atoms with Gasteiger partial charge in [0.25, 0.3) is 0 Å². The molecule has 1 aromatic heterocycles. The van der Waals surface area contributed by atoms with Crippen LogP contribution in [0.2, 0.25) is 0 Å². The standard InChI is InChI=1S/C15H22N2O2/c1-11(2)19-14-4-5-15(16-10-14)17-8-6-13(7-9-17)12(3)18/h4-5,10-11,13H,6-9H2,1-3H3. The summed E-state index contributed by atoms with van der Waals surface area (Å²) in [5.41, 5.74) is 0. The zero-order chi connectivity index (χ0) is 13.8. The molecule has 0 amide bonds. The van der Waals surface area contributed by atoms with Crippen LogP contribution >= 0.6 is 0 Å². The largest absolute Gasteiger partial charge is 0.489 e. The van der Waals surface area contributed by atoms with Crippen LogP contribution in [0.3, 0.4) is 0 Å². The predicted molar refractivity (Wildman–Crippen MR) is 75.6 cm³/mol. The Morgan fingerprint density at radius 2 is 2.05 bits per heavy atom. The molecule has 1 saturated heterocycles. The van der Waals surface area contributed by atoms with Crippen molar-refractivity contribution in [3.63, 3.8) is 0 Å². The van der Waals surface area contributed by atoms with Gasteiger partial charge < -0.3 is 9.64 Å². The van der Waals surface area contributed by atoms with E-state index >= 15 is 0 Å². The molecule has 0 N–H and O–H groups in total. The summed E-state index contributed by atoms with van der Waals surface area (Å²) in [6.45, 7) is 7.50. The van der Waals surface area contributed by atoms with Gasteiger partial charge in [-0.15, -0.1) is 0 Å². The van der Waals surface area contributed by atoms with Crippen LogP contribution in [0.25, 0.3) is 0 Å². The van der Waals surface area contributed by atoms with Gasteiger partial charge in [0, 0.05) is 19.0 Å². The van der Waals surface area contributed by atoms with E-state index in [0.717, 1.165) is 37.5 Å². The number of carbonyl (C=O) groups excluding carboxylic acids is 1. The maximum Gasteiger partial charge on any atom is 0.138 e. The molecular formula is C15H22N2O2. The maximum atomic E-state index is 11.3. The lowest BCUT2D eigenvalue weighted by Gasteiger charge is -2.31. The van der Waals surface area contributed by atoms with Crippen LogP contribution in [0.15, 0.2) is 18.3 Å². The van der Waals surface area contributed by atoms with Crippen molar-refractivity contribution in [3.8, 4) is 5.75 Å². The van der Waals surface area contributed by atoms with Crippen molar-refractivity contribution in [2.45, 2.75) is 39.7 Å². The number of pyridine rings is 1. The Kier molecular flexibility index (Phi) is 4.40. The van der Waals surface area contributed by atoms with E-state index in [2.05, 4.69) is 9.88 Å². The Morgan fingerprint density at radius 1 is 1.37 bits per heavy atom. The minimum Gasteiger partial charge on any atom is -0.489 e. The molecule has 1 aromatic rings. The third-order valence-corrected chi connectivity index (χ3v) is 3.49. The summed E-state index contributed by atoms with van der Waals surface area (Å²) < 4.78 is 5.58. The van der Waals surface area contributed by atoms with Crippen molar-refractivity contribution < 1.29 is 9.53 Å². The van der Waals surface area contributed by atoms with E-state index in [1.54, 1.807) is 13.1 Å². The normalized spacial score (nSPS) is 16.7. The molecule has 0 radical (unpaired) electrons. The number of piperidine rings is 1. The molecule has 0 unspecified atom stereocenters. The summed E-state index contributed by atoms with van der Waals surface area (Å²) in [7, 11) is 0.